The van der Waals surface area contributed by atoms with Gasteiger partial charge in [-0.3, -0.25) is 14.5 Å². The minimum atomic E-state index is 0.0466. The first-order valence-corrected chi connectivity index (χ1v) is 13.2. The molecule has 1 amide bonds. The zero-order valence-electron chi connectivity index (χ0n) is 23.2. The molecule has 0 bridgehead atoms. The summed E-state index contributed by atoms with van der Waals surface area (Å²) in [6.07, 6.45) is 11.8. The second-order valence-electron chi connectivity index (χ2n) is 10.5. The fourth-order valence-electron chi connectivity index (χ4n) is 4.74. The number of likely N-dealkylation sites (tertiary alicyclic amines) is 1. The molecule has 2 aromatic rings. The van der Waals surface area contributed by atoms with Crippen molar-refractivity contribution < 1.29 is 9.59 Å². The van der Waals surface area contributed by atoms with Crippen LogP contribution in [0.4, 0.5) is 5.82 Å². The fourth-order valence-corrected chi connectivity index (χ4v) is 4.74. The lowest BCUT2D eigenvalue weighted by Gasteiger charge is -2.32. The molecular weight excluding hydrogens is 474 g/mol. The van der Waals surface area contributed by atoms with E-state index in [1.807, 2.05) is 55.6 Å². The van der Waals surface area contributed by atoms with Gasteiger partial charge in [0, 0.05) is 70.5 Å². The Morgan fingerprint density at radius 2 is 1.76 bits per heavy atom. The molecule has 1 saturated heterocycles. The molecule has 1 aliphatic heterocycles. The normalized spacial score (nSPS) is 17.0. The van der Waals surface area contributed by atoms with Crippen LogP contribution in [0.5, 0.6) is 0 Å². The van der Waals surface area contributed by atoms with Crippen molar-refractivity contribution in [1.29, 1.82) is 0 Å². The van der Waals surface area contributed by atoms with E-state index in [4.69, 9.17) is 0 Å². The summed E-state index contributed by atoms with van der Waals surface area (Å²) in [5.41, 5.74) is 6.40. The number of hydrogen-bond donors (Lipinski definition) is 0. The predicted molar refractivity (Wildman–Crippen MR) is 154 cm³/mol. The second-order valence-corrected chi connectivity index (χ2v) is 10.5. The van der Waals surface area contributed by atoms with Crippen LogP contribution in [0.2, 0.25) is 0 Å². The Morgan fingerprint density at radius 3 is 2.39 bits per heavy atom. The van der Waals surface area contributed by atoms with Gasteiger partial charge in [0.1, 0.15) is 12.1 Å². The summed E-state index contributed by atoms with van der Waals surface area (Å²) in [6, 6.07) is 12.4. The zero-order valence-corrected chi connectivity index (χ0v) is 23.2. The van der Waals surface area contributed by atoms with Crippen LogP contribution < -0.4 is 0 Å². The number of carbonyl (C=O) groups excluding carboxylic acids is 2. The zero-order chi connectivity index (χ0) is 27.2. The molecule has 0 saturated carbocycles. The lowest BCUT2D eigenvalue weighted by Crippen LogP contribution is -2.33. The van der Waals surface area contributed by atoms with E-state index in [1.165, 1.54) is 11.3 Å². The van der Waals surface area contributed by atoms with Gasteiger partial charge in [0.2, 0.25) is 0 Å². The van der Waals surface area contributed by atoms with Gasteiger partial charge in [-0.15, -0.1) is 0 Å². The number of amides is 1. The number of piperidine rings is 1. The summed E-state index contributed by atoms with van der Waals surface area (Å²) in [6.45, 7) is 5.06. The fraction of sp³-hybridized carbons (Fsp3) is 0.387. The molecule has 0 N–H and O–H groups in total. The van der Waals surface area contributed by atoms with E-state index in [0.29, 0.717) is 5.92 Å². The highest BCUT2D eigenvalue weighted by atomic mass is 16.2. The maximum absolute atomic E-state index is 12.1. The number of aliphatic imine (C=N–C) groups is 1. The topological polar surface area (TPSA) is 61.2 Å². The number of allylic oxidation sites excluding steroid dienone is 5. The number of hydrogen-bond acceptors (Lipinski definition) is 5. The number of nitrogens with zero attached hydrogens (tertiary/aromatic N) is 5. The first-order valence-electron chi connectivity index (χ1n) is 13.2. The van der Waals surface area contributed by atoms with E-state index in [2.05, 4.69) is 45.8 Å². The first kappa shape index (κ1) is 27.3. The minimum absolute atomic E-state index is 0.0466. The predicted octanol–water partition coefficient (Wildman–Crippen LogP) is 5.06. The Bertz CT molecular complexity index is 1270. The number of aldehydes is 1. The van der Waals surface area contributed by atoms with Gasteiger partial charge in [-0.05, 0) is 91.9 Å². The van der Waals surface area contributed by atoms with E-state index >= 15 is 0 Å². The molecule has 1 aliphatic carbocycles. The minimum Gasteiger partial charge on any atom is -0.355 e. The Morgan fingerprint density at radius 1 is 1.05 bits per heavy atom. The van der Waals surface area contributed by atoms with Crippen LogP contribution in [0.25, 0.3) is 0 Å². The van der Waals surface area contributed by atoms with Gasteiger partial charge in [-0.2, -0.15) is 0 Å². The van der Waals surface area contributed by atoms with Crippen molar-refractivity contribution in [3.05, 3.63) is 88.4 Å². The average Bonchev–Trinajstić information content (AvgIpc) is 3.62. The molecule has 200 valence electrons. The molecule has 4 rings (SSSR count). The standard InChI is InChI=1S/C31H39N5O2/c1-23(34(4)17-13-27-20-28(27)22-37)12-16-32-30-11-10-29(35(30)5)21-36-18-14-25(15-19-36)24-6-8-26(9-7-24)31(38)33(2)3/h6-13,16-17,22,25H,14-15,18-21H2,1-5H3/b17-13-,23-12+,32-16-. The molecule has 0 spiro atoms. The molecule has 0 unspecified atom stereocenters. The van der Waals surface area contributed by atoms with Gasteiger partial charge in [0.25, 0.3) is 5.91 Å². The molecule has 0 radical (unpaired) electrons. The molecule has 2 aliphatic rings. The van der Waals surface area contributed by atoms with Crippen molar-refractivity contribution in [2.24, 2.45) is 12.0 Å². The molecule has 7 nitrogen and oxygen atoms in total. The van der Waals surface area contributed by atoms with Gasteiger partial charge < -0.3 is 14.4 Å². The largest absolute Gasteiger partial charge is 0.355 e. The molecule has 0 atom stereocenters. The van der Waals surface area contributed by atoms with Gasteiger partial charge in [-0.1, -0.05) is 12.1 Å². The second kappa shape index (κ2) is 12.2. The third-order valence-electron chi connectivity index (χ3n) is 7.60. The summed E-state index contributed by atoms with van der Waals surface area (Å²) < 4.78 is 2.16. The highest BCUT2D eigenvalue weighted by molar-refractivity contribution is 5.93. The number of carbonyl (C=O) groups is 2. The number of aromatic nitrogens is 1. The van der Waals surface area contributed by atoms with Crippen LogP contribution in [0.3, 0.4) is 0 Å². The summed E-state index contributed by atoms with van der Waals surface area (Å²) >= 11 is 0. The molecule has 1 aromatic carbocycles. The highest BCUT2D eigenvalue weighted by Gasteiger charge is 2.22. The van der Waals surface area contributed by atoms with Gasteiger partial charge in [-0.25, -0.2) is 4.99 Å². The van der Waals surface area contributed by atoms with Crippen LogP contribution in [-0.2, 0) is 18.4 Å². The van der Waals surface area contributed by atoms with Crippen LogP contribution >= 0.6 is 0 Å². The van der Waals surface area contributed by atoms with E-state index in [1.54, 1.807) is 19.0 Å². The molecule has 1 fully saturated rings. The van der Waals surface area contributed by atoms with E-state index in [0.717, 1.165) is 73.4 Å². The third-order valence-corrected chi connectivity index (χ3v) is 7.60. The maximum Gasteiger partial charge on any atom is 0.253 e. The van der Waals surface area contributed by atoms with Crippen molar-refractivity contribution in [3.8, 4) is 0 Å². The van der Waals surface area contributed by atoms with Crippen molar-refractivity contribution in [2.75, 3.05) is 34.2 Å². The number of rotatable bonds is 10. The molecule has 2 heterocycles. The molecular formula is C31H39N5O2. The van der Waals surface area contributed by atoms with Crippen LogP contribution in [-0.4, -0.2) is 71.9 Å². The highest BCUT2D eigenvalue weighted by Crippen LogP contribution is 2.30. The average molecular weight is 514 g/mol. The van der Waals surface area contributed by atoms with E-state index in [-0.39, 0.29) is 5.91 Å². The molecule has 1 aromatic heterocycles. The SMILES string of the molecule is C/C(=C\C=N/c1ccc(CN2CCC(c3ccc(C(=O)N(C)C)cc3)CC2)n1C)N(C)/C=C\C1=C(C=O)C1. The molecule has 38 heavy (non-hydrogen) atoms. The lowest BCUT2D eigenvalue weighted by atomic mass is 9.89. The van der Waals surface area contributed by atoms with E-state index in [9.17, 15) is 9.59 Å². The van der Waals surface area contributed by atoms with Crippen molar-refractivity contribution >= 4 is 24.2 Å². The first-order chi connectivity index (χ1) is 18.3. The van der Waals surface area contributed by atoms with Gasteiger partial charge in [0.15, 0.2) is 0 Å². The van der Waals surface area contributed by atoms with Gasteiger partial charge in [0.05, 0.1) is 0 Å². The third kappa shape index (κ3) is 6.78. The van der Waals surface area contributed by atoms with Crippen molar-refractivity contribution in [2.45, 2.75) is 38.6 Å². The van der Waals surface area contributed by atoms with Crippen molar-refractivity contribution in [1.82, 2.24) is 19.3 Å². The monoisotopic (exact) mass is 513 g/mol. The number of benzene rings is 1. The Balaban J connectivity index is 1.27. The summed E-state index contributed by atoms with van der Waals surface area (Å²) in [4.78, 5) is 33.7. The van der Waals surface area contributed by atoms with Crippen molar-refractivity contribution in [3.63, 3.8) is 0 Å². The van der Waals surface area contributed by atoms with Gasteiger partial charge >= 0.3 is 0 Å². The van der Waals surface area contributed by atoms with Crippen LogP contribution in [0.15, 0.2) is 76.6 Å². The maximum atomic E-state index is 12.1. The van der Waals surface area contributed by atoms with Crippen LogP contribution in [0, 0.1) is 0 Å². The Labute approximate surface area is 226 Å². The van der Waals surface area contributed by atoms with Crippen LogP contribution in [0.1, 0.15) is 53.7 Å². The summed E-state index contributed by atoms with van der Waals surface area (Å²) in [7, 11) is 7.63. The molecule has 7 heteroatoms. The van der Waals surface area contributed by atoms with E-state index < -0.39 is 0 Å². The smallest absolute Gasteiger partial charge is 0.253 e. The summed E-state index contributed by atoms with van der Waals surface area (Å²) in [5.74, 6) is 1.52. The lowest BCUT2D eigenvalue weighted by molar-refractivity contribution is -0.104. The Hall–Kier alpha value is -3.71. The quantitative estimate of drug-likeness (QED) is 0.329. The Kier molecular flexibility index (Phi) is 8.79. The summed E-state index contributed by atoms with van der Waals surface area (Å²) in [5, 5.41) is 0.